The fourth-order valence-corrected chi connectivity index (χ4v) is 7.22. The molecule has 5 rings (SSSR count). The Bertz CT molecular complexity index is 1290. The van der Waals surface area contributed by atoms with E-state index in [0.717, 1.165) is 48.1 Å². The summed E-state index contributed by atoms with van der Waals surface area (Å²) in [5, 5.41) is 9.63. The number of nitrogens with one attached hydrogen (secondary N) is 1. The molecule has 1 saturated carbocycles. The minimum atomic E-state index is -4.75. The highest BCUT2D eigenvalue weighted by Gasteiger charge is 2.41. The third-order valence-electron chi connectivity index (χ3n) is 6.90. The Balaban J connectivity index is 1.42. The summed E-state index contributed by atoms with van der Waals surface area (Å²) in [5.41, 5.74) is 2.42. The molecular formula is C25H27F3N2O4S2. The number of nitrogens with zero attached hydrogens (tertiary/aromatic N) is 1. The number of sulfone groups is 1. The minimum absolute atomic E-state index is 0.0558. The Morgan fingerprint density at radius 2 is 1.78 bits per heavy atom. The largest absolute Gasteiger partial charge is 0.419 e. The van der Waals surface area contributed by atoms with E-state index in [1.165, 1.54) is 0 Å². The summed E-state index contributed by atoms with van der Waals surface area (Å²) in [6, 6.07) is 10.8. The molecule has 3 aromatic rings. The maximum atomic E-state index is 12.9. The summed E-state index contributed by atoms with van der Waals surface area (Å²) in [4.78, 5) is 7.48. The lowest BCUT2D eigenvalue weighted by atomic mass is 9.83. The van der Waals surface area contributed by atoms with Gasteiger partial charge in [-0.1, -0.05) is 12.1 Å². The monoisotopic (exact) mass is 540 g/mol. The summed E-state index contributed by atoms with van der Waals surface area (Å²) in [7, 11) is -3.28. The summed E-state index contributed by atoms with van der Waals surface area (Å²) >= 11 is 0.795. The van der Waals surface area contributed by atoms with Gasteiger partial charge in [0.15, 0.2) is 15.9 Å². The van der Waals surface area contributed by atoms with Gasteiger partial charge in [-0.05, 0) is 67.9 Å². The predicted octanol–water partition coefficient (Wildman–Crippen LogP) is 5.62. The number of hydrogen-bond donors (Lipinski definition) is 2. The Hall–Kier alpha value is -2.21. The summed E-state index contributed by atoms with van der Waals surface area (Å²) < 4.78 is 69.4. The standard InChI is InChI=1S/C25H27F3N2O4S2/c26-25(27,28)23(31)22-14-29-24(35-22)21-8-7-20(30-21)19(13-15-9-11-34-12-10-15)16-1-3-17(4-2-16)36(32,33)18-5-6-18/h1-4,7-8,14-15,18-19,23,30-31H,5-6,9-13H2. The van der Waals surface area contributed by atoms with E-state index in [1.807, 2.05) is 18.2 Å². The van der Waals surface area contributed by atoms with Crippen LogP contribution < -0.4 is 0 Å². The van der Waals surface area contributed by atoms with Crippen molar-refractivity contribution in [3.05, 3.63) is 58.7 Å². The molecule has 2 unspecified atom stereocenters. The van der Waals surface area contributed by atoms with Crippen molar-refractivity contribution in [1.82, 2.24) is 9.97 Å². The molecule has 0 spiro atoms. The summed E-state index contributed by atoms with van der Waals surface area (Å²) in [6.45, 7) is 1.41. The zero-order valence-electron chi connectivity index (χ0n) is 19.4. The van der Waals surface area contributed by atoms with Crippen LogP contribution in [0.2, 0.25) is 0 Å². The maximum absolute atomic E-state index is 12.9. The first-order chi connectivity index (χ1) is 17.1. The molecule has 3 heterocycles. The van der Waals surface area contributed by atoms with E-state index in [0.29, 0.717) is 47.6 Å². The number of halogens is 3. The fraction of sp³-hybridized carbons (Fsp3) is 0.480. The fourth-order valence-electron chi connectivity index (χ4n) is 4.66. The van der Waals surface area contributed by atoms with Crippen molar-refractivity contribution in [3.8, 4) is 10.7 Å². The van der Waals surface area contributed by atoms with Crippen molar-refractivity contribution in [3.63, 3.8) is 0 Å². The number of aliphatic hydroxyl groups excluding tert-OH is 1. The molecule has 2 aliphatic rings. The number of alkyl halides is 3. The second kappa shape index (κ2) is 9.92. The average Bonchev–Trinajstić information content (AvgIpc) is 3.43. The minimum Gasteiger partial charge on any atom is -0.381 e. The molecule has 1 aliphatic heterocycles. The van der Waals surface area contributed by atoms with Crippen LogP contribution in [0, 0.1) is 5.92 Å². The number of hydrogen-bond acceptors (Lipinski definition) is 6. The third kappa shape index (κ3) is 5.39. The molecule has 36 heavy (non-hydrogen) atoms. The van der Waals surface area contributed by atoms with Gasteiger partial charge in [0.2, 0.25) is 0 Å². The van der Waals surface area contributed by atoms with E-state index in [1.54, 1.807) is 18.2 Å². The second-order valence-corrected chi connectivity index (χ2v) is 12.8. The number of aromatic nitrogens is 2. The highest BCUT2D eigenvalue weighted by atomic mass is 32.2. The number of H-pyrrole nitrogens is 1. The van der Waals surface area contributed by atoms with E-state index in [4.69, 9.17) is 4.74 Å². The second-order valence-electron chi connectivity index (χ2n) is 9.50. The molecule has 0 radical (unpaired) electrons. The van der Waals surface area contributed by atoms with Gasteiger partial charge in [0.05, 0.1) is 20.7 Å². The Kier molecular flexibility index (Phi) is 7.01. The molecule has 1 saturated heterocycles. The summed E-state index contributed by atoms with van der Waals surface area (Å²) in [5.74, 6) is 0.374. The third-order valence-corrected chi connectivity index (χ3v) is 10.3. The summed E-state index contributed by atoms with van der Waals surface area (Å²) in [6.07, 6.45) is -2.15. The molecular weight excluding hydrogens is 513 g/mol. The number of aliphatic hydroxyl groups is 1. The molecule has 6 nitrogen and oxygen atoms in total. The van der Waals surface area contributed by atoms with E-state index in [2.05, 4.69) is 9.97 Å². The highest BCUT2D eigenvalue weighted by molar-refractivity contribution is 7.92. The van der Waals surface area contributed by atoms with Crippen LogP contribution in [0.4, 0.5) is 13.2 Å². The van der Waals surface area contributed by atoms with Crippen LogP contribution in [-0.4, -0.2) is 48.1 Å². The van der Waals surface area contributed by atoms with Gasteiger partial charge in [-0.25, -0.2) is 13.4 Å². The Morgan fingerprint density at radius 3 is 2.42 bits per heavy atom. The average molecular weight is 541 g/mol. The molecule has 2 N–H and O–H groups in total. The van der Waals surface area contributed by atoms with Gasteiger partial charge < -0.3 is 14.8 Å². The van der Waals surface area contributed by atoms with Gasteiger partial charge in [-0.15, -0.1) is 11.3 Å². The number of ether oxygens (including phenoxy) is 1. The Labute approximate surface area is 211 Å². The van der Waals surface area contributed by atoms with Crippen LogP contribution >= 0.6 is 11.3 Å². The van der Waals surface area contributed by atoms with E-state index in [-0.39, 0.29) is 16.0 Å². The molecule has 11 heteroatoms. The van der Waals surface area contributed by atoms with Crippen molar-refractivity contribution in [2.24, 2.45) is 5.92 Å². The van der Waals surface area contributed by atoms with Gasteiger partial charge in [0, 0.05) is 31.0 Å². The first kappa shape index (κ1) is 25.4. The van der Waals surface area contributed by atoms with E-state index in [9.17, 15) is 26.7 Å². The van der Waals surface area contributed by atoms with Gasteiger partial charge in [-0.2, -0.15) is 13.2 Å². The van der Waals surface area contributed by atoms with Crippen molar-refractivity contribution >= 4 is 21.2 Å². The lowest BCUT2D eigenvalue weighted by Crippen LogP contribution is -2.19. The quantitative estimate of drug-likeness (QED) is 0.387. The van der Waals surface area contributed by atoms with Crippen molar-refractivity contribution in [1.29, 1.82) is 0 Å². The van der Waals surface area contributed by atoms with Crippen LogP contribution in [0.5, 0.6) is 0 Å². The van der Waals surface area contributed by atoms with Crippen LogP contribution in [0.3, 0.4) is 0 Å². The lowest BCUT2D eigenvalue weighted by Gasteiger charge is -2.27. The van der Waals surface area contributed by atoms with Gasteiger partial charge in [0.1, 0.15) is 5.01 Å². The number of aromatic amines is 1. The highest BCUT2D eigenvalue weighted by Crippen LogP contribution is 2.40. The predicted molar refractivity (Wildman–Crippen MR) is 130 cm³/mol. The van der Waals surface area contributed by atoms with Crippen LogP contribution in [0.25, 0.3) is 10.7 Å². The molecule has 2 atom stereocenters. The first-order valence-corrected chi connectivity index (χ1v) is 14.3. The maximum Gasteiger partial charge on any atom is 0.419 e. The number of rotatable bonds is 8. The van der Waals surface area contributed by atoms with Crippen LogP contribution in [-0.2, 0) is 14.6 Å². The number of benzene rings is 1. The zero-order valence-corrected chi connectivity index (χ0v) is 21.0. The van der Waals surface area contributed by atoms with E-state index >= 15 is 0 Å². The van der Waals surface area contributed by atoms with Gasteiger partial charge >= 0.3 is 6.18 Å². The van der Waals surface area contributed by atoms with Gasteiger partial charge in [0.25, 0.3) is 0 Å². The zero-order chi connectivity index (χ0) is 25.5. The van der Waals surface area contributed by atoms with Crippen LogP contribution in [0.15, 0.2) is 47.5 Å². The van der Waals surface area contributed by atoms with Gasteiger partial charge in [-0.3, -0.25) is 0 Å². The molecule has 1 aromatic carbocycles. The van der Waals surface area contributed by atoms with Crippen molar-refractivity contribution < 1.29 is 31.4 Å². The van der Waals surface area contributed by atoms with E-state index < -0.39 is 22.1 Å². The molecule has 194 valence electrons. The SMILES string of the molecule is O=S(=O)(c1ccc(C(CC2CCOCC2)c2ccc(-c3ncc(C(O)C(F)(F)F)s3)[nH]2)cc1)C1CC1. The number of thiazole rings is 1. The normalized spacial score (nSPS) is 19.3. The first-order valence-electron chi connectivity index (χ1n) is 11.9. The smallest absolute Gasteiger partial charge is 0.381 e. The molecule has 2 fully saturated rings. The molecule has 0 amide bonds. The Morgan fingerprint density at radius 1 is 1.08 bits per heavy atom. The van der Waals surface area contributed by atoms with Crippen LogP contribution in [0.1, 0.15) is 60.3 Å². The molecule has 1 aliphatic carbocycles. The molecule has 0 bridgehead atoms. The topological polar surface area (TPSA) is 92.3 Å². The molecule has 2 aromatic heterocycles. The van der Waals surface area contributed by atoms with Crippen molar-refractivity contribution in [2.45, 2.75) is 60.4 Å². The van der Waals surface area contributed by atoms with Crippen molar-refractivity contribution in [2.75, 3.05) is 13.2 Å². The lowest BCUT2D eigenvalue weighted by molar-refractivity contribution is -0.205.